The molecule has 0 saturated carbocycles. The summed E-state index contributed by atoms with van der Waals surface area (Å²) in [6.07, 6.45) is 0. The molecule has 0 radical (unpaired) electrons. The van der Waals surface area contributed by atoms with Gasteiger partial charge in [-0.25, -0.2) is 0 Å². The largest absolute Gasteiger partial charge is 0.454 e. The van der Waals surface area contributed by atoms with Crippen LogP contribution in [0.5, 0.6) is 0 Å². The van der Waals surface area contributed by atoms with Crippen molar-refractivity contribution in [1.82, 2.24) is 0 Å². The number of hydrogen-bond donors (Lipinski definition) is 0. The summed E-state index contributed by atoms with van der Waals surface area (Å²) in [5.74, 6) is 0. The number of fused-ring (bicyclic) bond motifs is 9. The molecular formula is C52H33NO. The molecule has 0 saturated heterocycles. The number of nitrogens with zero attached hydrogens (tertiary/aromatic N) is 1. The van der Waals surface area contributed by atoms with Crippen LogP contribution < -0.4 is 4.90 Å². The smallest absolute Gasteiger partial charge is 0.159 e. The van der Waals surface area contributed by atoms with Crippen LogP contribution in [0.4, 0.5) is 17.1 Å². The number of rotatable bonds is 5. The van der Waals surface area contributed by atoms with E-state index < -0.39 is 0 Å². The lowest BCUT2D eigenvalue weighted by Gasteiger charge is -2.26. The predicted octanol–water partition coefficient (Wildman–Crippen LogP) is 15.0. The molecule has 0 spiro atoms. The lowest BCUT2D eigenvalue weighted by molar-refractivity contribution is 0.669. The number of anilines is 3. The zero-order valence-electron chi connectivity index (χ0n) is 29.4. The van der Waals surface area contributed by atoms with E-state index in [1.165, 1.54) is 65.3 Å². The van der Waals surface area contributed by atoms with Crippen molar-refractivity contribution in [3.05, 3.63) is 200 Å². The Bertz CT molecular complexity index is 3050. The Morgan fingerprint density at radius 1 is 0.315 bits per heavy atom. The Morgan fingerprint density at radius 2 is 0.741 bits per heavy atom. The summed E-state index contributed by atoms with van der Waals surface area (Å²) in [7, 11) is 0. The fourth-order valence-corrected chi connectivity index (χ4v) is 8.50. The van der Waals surface area contributed by atoms with E-state index in [1.54, 1.807) is 0 Å². The quantitative estimate of drug-likeness (QED) is 0.168. The molecule has 1 heterocycles. The highest BCUT2D eigenvalue weighted by atomic mass is 16.3. The molecule has 54 heavy (non-hydrogen) atoms. The van der Waals surface area contributed by atoms with Gasteiger partial charge >= 0.3 is 0 Å². The van der Waals surface area contributed by atoms with Gasteiger partial charge in [0.05, 0.1) is 5.69 Å². The summed E-state index contributed by atoms with van der Waals surface area (Å²) < 4.78 is 6.63. The minimum Gasteiger partial charge on any atom is -0.454 e. The van der Waals surface area contributed by atoms with Crippen LogP contribution in [0.25, 0.3) is 87.3 Å². The molecule has 0 atom stereocenters. The van der Waals surface area contributed by atoms with Crippen molar-refractivity contribution >= 4 is 82.1 Å². The molecule has 0 N–H and O–H groups in total. The van der Waals surface area contributed by atoms with Crippen LogP contribution in [0.1, 0.15) is 0 Å². The minimum atomic E-state index is 0.868. The fourth-order valence-electron chi connectivity index (χ4n) is 8.50. The maximum absolute atomic E-state index is 6.63. The Balaban J connectivity index is 1.08. The molecule has 0 bridgehead atoms. The van der Waals surface area contributed by atoms with Crippen molar-refractivity contribution in [2.45, 2.75) is 0 Å². The fraction of sp³-hybridized carbons (Fsp3) is 0. The standard InChI is InChI=1S/C52H33NO/c1-3-14-40-36(12-1)32-48(44-18-7-5-16-42(40)44)34-24-28-38(29-25-34)53(50-22-11-21-47-46-20-9-10-23-51(46)54-52(47)50)39-30-26-35(27-31-39)49-33-37-13-2-4-15-41(37)43-17-6-8-19-45(43)49/h1-33H. The van der Waals surface area contributed by atoms with Crippen LogP contribution in [0, 0.1) is 0 Å². The van der Waals surface area contributed by atoms with Crippen LogP contribution in [-0.4, -0.2) is 0 Å². The maximum atomic E-state index is 6.63. The van der Waals surface area contributed by atoms with Gasteiger partial charge in [-0.1, -0.05) is 152 Å². The summed E-state index contributed by atoms with van der Waals surface area (Å²) in [5, 5.41) is 12.3. The van der Waals surface area contributed by atoms with Gasteiger partial charge in [-0.3, -0.25) is 0 Å². The number of furan rings is 1. The maximum Gasteiger partial charge on any atom is 0.159 e. The van der Waals surface area contributed by atoms with Crippen molar-refractivity contribution in [2.24, 2.45) is 0 Å². The summed E-state index contributed by atoms with van der Waals surface area (Å²) in [4.78, 5) is 2.33. The molecule has 2 heteroatoms. The second-order valence-corrected chi connectivity index (χ2v) is 14.1. The molecule has 10 aromatic carbocycles. The molecule has 0 unspecified atom stereocenters. The molecule has 0 aliphatic heterocycles. The van der Waals surface area contributed by atoms with Crippen LogP contribution >= 0.6 is 0 Å². The third-order valence-electron chi connectivity index (χ3n) is 11.0. The monoisotopic (exact) mass is 687 g/mol. The Morgan fingerprint density at radius 3 is 1.28 bits per heavy atom. The topological polar surface area (TPSA) is 16.4 Å². The number of para-hydroxylation sites is 2. The Kier molecular flexibility index (Phi) is 6.90. The lowest BCUT2D eigenvalue weighted by atomic mass is 9.93. The first-order valence-electron chi connectivity index (χ1n) is 18.5. The van der Waals surface area contributed by atoms with E-state index in [1.807, 2.05) is 6.07 Å². The molecule has 0 amide bonds. The normalized spacial score (nSPS) is 11.7. The number of hydrogen-bond acceptors (Lipinski definition) is 2. The lowest BCUT2D eigenvalue weighted by Crippen LogP contribution is -2.10. The third-order valence-corrected chi connectivity index (χ3v) is 11.0. The van der Waals surface area contributed by atoms with Gasteiger partial charge in [0.15, 0.2) is 5.58 Å². The van der Waals surface area contributed by atoms with E-state index in [4.69, 9.17) is 4.42 Å². The van der Waals surface area contributed by atoms with Gasteiger partial charge in [0.1, 0.15) is 5.58 Å². The van der Waals surface area contributed by atoms with Gasteiger partial charge in [-0.05, 0) is 114 Å². The van der Waals surface area contributed by atoms with E-state index in [-0.39, 0.29) is 0 Å². The van der Waals surface area contributed by atoms with Gasteiger partial charge < -0.3 is 9.32 Å². The van der Waals surface area contributed by atoms with Crippen LogP contribution in [-0.2, 0) is 0 Å². The first-order valence-corrected chi connectivity index (χ1v) is 18.5. The van der Waals surface area contributed by atoms with Crippen molar-refractivity contribution in [1.29, 1.82) is 0 Å². The van der Waals surface area contributed by atoms with Crippen LogP contribution in [0.3, 0.4) is 0 Å². The van der Waals surface area contributed by atoms with Crippen LogP contribution in [0.2, 0.25) is 0 Å². The predicted molar refractivity (Wildman–Crippen MR) is 229 cm³/mol. The van der Waals surface area contributed by atoms with Crippen molar-refractivity contribution in [2.75, 3.05) is 4.90 Å². The molecule has 0 fully saturated rings. The highest BCUT2D eigenvalue weighted by Gasteiger charge is 2.20. The van der Waals surface area contributed by atoms with Crippen LogP contribution in [0.15, 0.2) is 205 Å². The summed E-state index contributed by atoms with van der Waals surface area (Å²) in [6, 6.07) is 72.2. The molecule has 0 aliphatic carbocycles. The molecule has 11 aromatic rings. The zero-order valence-corrected chi connectivity index (χ0v) is 29.4. The van der Waals surface area contributed by atoms with E-state index in [0.717, 1.165) is 39.0 Å². The van der Waals surface area contributed by atoms with Gasteiger partial charge in [0.2, 0.25) is 0 Å². The highest BCUT2D eigenvalue weighted by molar-refractivity contribution is 6.15. The molecule has 11 rings (SSSR count). The molecule has 1 aromatic heterocycles. The first kappa shape index (κ1) is 30.5. The summed E-state index contributed by atoms with van der Waals surface area (Å²) >= 11 is 0. The second kappa shape index (κ2) is 12.2. The molecule has 252 valence electrons. The zero-order chi connectivity index (χ0) is 35.6. The van der Waals surface area contributed by atoms with E-state index in [2.05, 4.69) is 199 Å². The van der Waals surface area contributed by atoms with Crippen molar-refractivity contribution in [3.8, 4) is 22.3 Å². The average molecular weight is 688 g/mol. The molecular weight excluding hydrogens is 655 g/mol. The molecule has 0 aliphatic rings. The first-order chi connectivity index (χ1) is 26.8. The van der Waals surface area contributed by atoms with Gasteiger partial charge in [0.25, 0.3) is 0 Å². The van der Waals surface area contributed by atoms with Gasteiger partial charge in [0, 0.05) is 22.1 Å². The average Bonchev–Trinajstić information content (AvgIpc) is 3.63. The second-order valence-electron chi connectivity index (χ2n) is 14.1. The Hall–Kier alpha value is -7.16. The van der Waals surface area contributed by atoms with Crippen molar-refractivity contribution < 1.29 is 4.42 Å². The Labute approximate surface area is 312 Å². The van der Waals surface area contributed by atoms with E-state index >= 15 is 0 Å². The van der Waals surface area contributed by atoms with E-state index in [0.29, 0.717) is 0 Å². The summed E-state index contributed by atoms with van der Waals surface area (Å²) in [5.41, 5.74) is 9.69. The third kappa shape index (κ3) is 4.81. The van der Waals surface area contributed by atoms with Gasteiger partial charge in [-0.2, -0.15) is 0 Å². The van der Waals surface area contributed by atoms with Crippen molar-refractivity contribution in [3.63, 3.8) is 0 Å². The summed E-state index contributed by atoms with van der Waals surface area (Å²) in [6.45, 7) is 0. The SMILES string of the molecule is c1ccc2c(c1)cc(-c1ccc(N(c3ccc(-c4cc5ccccc5c5ccccc45)cc3)c3cccc4c3oc3ccccc34)cc1)c1ccccc12. The number of benzene rings is 10. The van der Waals surface area contributed by atoms with E-state index in [9.17, 15) is 0 Å². The highest BCUT2D eigenvalue weighted by Crippen LogP contribution is 2.44. The minimum absolute atomic E-state index is 0.868. The molecule has 2 nitrogen and oxygen atoms in total. The van der Waals surface area contributed by atoms with Gasteiger partial charge in [-0.15, -0.1) is 0 Å².